The Labute approximate surface area is 142 Å². The van der Waals surface area contributed by atoms with Gasteiger partial charge in [-0.25, -0.2) is 0 Å². The molecule has 0 spiro atoms. The van der Waals surface area contributed by atoms with Gasteiger partial charge in [-0.1, -0.05) is 19.3 Å². The molecule has 130 valence electrons. The third kappa shape index (κ3) is 5.71. The molecule has 2 aliphatic rings. The normalized spacial score (nSPS) is 23.7. The Morgan fingerprint density at radius 1 is 1.00 bits per heavy atom. The average molecular weight is 332 g/mol. The number of likely N-dealkylation sites (N-methyl/N-ethyl adjacent to an activating group) is 2. The fourth-order valence-corrected chi connectivity index (χ4v) is 3.91. The molecule has 1 N–H and O–H groups in total. The van der Waals surface area contributed by atoms with Crippen LogP contribution in [-0.2, 0) is 4.79 Å². The van der Waals surface area contributed by atoms with Gasteiger partial charge in [-0.05, 0) is 59.2 Å². The van der Waals surface area contributed by atoms with Crippen LogP contribution in [0.15, 0.2) is 0 Å². The van der Waals surface area contributed by atoms with Crippen LogP contribution in [0.1, 0.15) is 58.3 Å². The third-order valence-electron chi connectivity index (χ3n) is 5.23. The van der Waals surface area contributed by atoms with Crippen molar-refractivity contribution in [2.24, 2.45) is 0 Å². The van der Waals surface area contributed by atoms with Crippen molar-refractivity contribution in [2.45, 2.75) is 70.4 Å². The standard InChI is InChI=1S/C17H33N3O.ClH/c1-3-20(16-8-5-4-6-9-16)17(21)14-19(2)15-10-7-12-18-13-11-15;/h15-16,18H,3-14H2,1-2H3;1H. The maximum atomic E-state index is 12.7. The first-order valence-electron chi connectivity index (χ1n) is 8.92. The number of rotatable bonds is 5. The highest BCUT2D eigenvalue weighted by atomic mass is 35.5. The molecule has 1 unspecified atom stereocenters. The maximum Gasteiger partial charge on any atom is 0.236 e. The van der Waals surface area contributed by atoms with Crippen molar-refractivity contribution in [1.82, 2.24) is 15.1 Å². The van der Waals surface area contributed by atoms with Crippen molar-refractivity contribution >= 4 is 18.3 Å². The molecular formula is C17H34ClN3O. The van der Waals surface area contributed by atoms with E-state index in [1.807, 2.05) is 0 Å². The van der Waals surface area contributed by atoms with Crippen LogP contribution in [0.25, 0.3) is 0 Å². The molecular weight excluding hydrogens is 298 g/mol. The maximum absolute atomic E-state index is 12.7. The molecule has 0 aromatic carbocycles. The van der Waals surface area contributed by atoms with E-state index in [4.69, 9.17) is 0 Å². The highest BCUT2D eigenvalue weighted by Crippen LogP contribution is 2.23. The van der Waals surface area contributed by atoms with Crippen LogP contribution < -0.4 is 5.32 Å². The van der Waals surface area contributed by atoms with Crippen LogP contribution >= 0.6 is 12.4 Å². The van der Waals surface area contributed by atoms with E-state index in [9.17, 15) is 4.79 Å². The molecule has 22 heavy (non-hydrogen) atoms. The van der Waals surface area contributed by atoms with E-state index in [0.717, 1.165) is 19.6 Å². The molecule has 1 aliphatic heterocycles. The second-order valence-electron chi connectivity index (χ2n) is 6.72. The number of amides is 1. The Bertz CT molecular complexity index is 313. The van der Waals surface area contributed by atoms with Crippen LogP contribution in [-0.4, -0.2) is 61.0 Å². The molecule has 0 aromatic rings. The van der Waals surface area contributed by atoms with E-state index in [-0.39, 0.29) is 12.4 Å². The lowest BCUT2D eigenvalue weighted by Crippen LogP contribution is -2.47. The van der Waals surface area contributed by atoms with E-state index in [1.165, 1.54) is 51.4 Å². The van der Waals surface area contributed by atoms with E-state index < -0.39 is 0 Å². The summed E-state index contributed by atoms with van der Waals surface area (Å²) in [5, 5.41) is 3.45. The fourth-order valence-electron chi connectivity index (χ4n) is 3.91. The van der Waals surface area contributed by atoms with Crippen LogP contribution in [0, 0.1) is 0 Å². The molecule has 2 fully saturated rings. The Kier molecular flexibility index (Phi) is 9.37. The molecule has 1 aliphatic carbocycles. The molecule has 1 saturated heterocycles. The summed E-state index contributed by atoms with van der Waals surface area (Å²) < 4.78 is 0. The third-order valence-corrected chi connectivity index (χ3v) is 5.23. The van der Waals surface area contributed by atoms with Crippen molar-refractivity contribution in [3.63, 3.8) is 0 Å². The molecule has 0 aromatic heterocycles. The van der Waals surface area contributed by atoms with Crippen LogP contribution in [0.2, 0.25) is 0 Å². The average Bonchev–Trinajstić information content (AvgIpc) is 2.78. The Hall–Kier alpha value is -0.320. The molecule has 1 saturated carbocycles. The minimum Gasteiger partial charge on any atom is -0.339 e. The van der Waals surface area contributed by atoms with E-state index in [0.29, 0.717) is 24.5 Å². The smallest absolute Gasteiger partial charge is 0.236 e. The first-order valence-corrected chi connectivity index (χ1v) is 8.92. The van der Waals surface area contributed by atoms with Crippen molar-refractivity contribution in [2.75, 3.05) is 33.2 Å². The van der Waals surface area contributed by atoms with Gasteiger partial charge in [0.1, 0.15) is 0 Å². The SMILES string of the molecule is CCN(C(=O)CN(C)C1CCCNCC1)C1CCCCC1.Cl. The zero-order valence-corrected chi connectivity index (χ0v) is 15.2. The molecule has 0 bridgehead atoms. The topological polar surface area (TPSA) is 35.6 Å². The highest BCUT2D eigenvalue weighted by molar-refractivity contribution is 5.85. The van der Waals surface area contributed by atoms with Gasteiger partial charge in [-0.15, -0.1) is 12.4 Å². The van der Waals surface area contributed by atoms with Gasteiger partial charge in [0.15, 0.2) is 0 Å². The zero-order chi connectivity index (χ0) is 15.1. The molecule has 2 rings (SSSR count). The lowest BCUT2D eigenvalue weighted by atomic mass is 9.94. The summed E-state index contributed by atoms with van der Waals surface area (Å²) in [6.45, 7) is 5.80. The summed E-state index contributed by atoms with van der Waals surface area (Å²) >= 11 is 0. The molecule has 1 heterocycles. The van der Waals surface area contributed by atoms with Gasteiger partial charge in [0.05, 0.1) is 6.54 Å². The summed E-state index contributed by atoms with van der Waals surface area (Å²) in [6, 6.07) is 1.06. The predicted molar refractivity (Wildman–Crippen MR) is 94.6 cm³/mol. The van der Waals surface area contributed by atoms with Crippen LogP contribution in [0.4, 0.5) is 0 Å². The minimum absolute atomic E-state index is 0. The van der Waals surface area contributed by atoms with Crippen molar-refractivity contribution in [3.8, 4) is 0 Å². The summed E-state index contributed by atoms with van der Waals surface area (Å²) in [5.41, 5.74) is 0. The molecule has 1 atom stereocenters. The predicted octanol–water partition coefficient (Wildman–Crippen LogP) is 2.66. The molecule has 1 amide bonds. The van der Waals surface area contributed by atoms with Gasteiger partial charge in [0, 0.05) is 18.6 Å². The van der Waals surface area contributed by atoms with E-state index in [2.05, 4.69) is 29.1 Å². The van der Waals surface area contributed by atoms with Gasteiger partial charge < -0.3 is 10.2 Å². The number of carbonyl (C=O) groups is 1. The van der Waals surface area contributed by atoms with Crippen molar-refractivity contribution in [3.05, 3.63) is 0 Å². The minimum atomic E-state index is 0. The second kappa shape index (κ2) is 10.5. The van der Waals surface area contributed by atoms with Crippen LogP contribution in [0.5, 0.6) is 0 Å². The number of halogens is 1. The lowest BCUT2D eigenvalue weighted by molar-refractivity contribution is -0.135. The Morgan fingerprint density at radius 2 is 1.68 bits per heavy atom. The largest absolute Gasteiger partial charge is 0.339 e. The summed E-state index contributed by atoms with van der Waals surface area (Å²) in [5.74, 6) is 0.337. The molecule has 4 nitrogen and oxygen atoms in total. The van der Waals surface area contributed by atoms with E-state index >= 15 is 0 Å². The molecule has 0 radical (unpaired) electrons. The highest BCUT2D eigenvalue weighted by Gasteiger charge is 2.26. The van der Waals surface area contributed by atoms with Gasteiger partial charge in [-0.3, -0.25) is 9.69 Å². The molecule has 5 heteroatoms. The van der Waals surface area contributed by atoms with Crippen molar-refractivity contribution in [1.29, 1.82) is 0 Å². The second-order valence-corrected chi connectivity index (χ2v) is 6.72. The number of hydrogen-bond acceptors (Lipinski definition) is 3. The number of nitrogens with one attached hydrogen (secondary N) is 1. The van der Waals surface area contributed by atoms with Crippen molar-refractivity contribution < 1.29 is 4.79 Å². The first kappa shape index (κ1) is 19.7. The summed E-state index contributed by atoms with van der Waals surface area (Å²) in [4.78, 5) is 17.1. The number of nitrogens with zero attached hydrogens (tertiary/aromatic N) is 2. The first-order chi connectivity index (χ1) is 10.2. The van der Waals surface area contributed by atoms with Gasteiger partial charge >= 0.3 is 0 Å². The van der Waals surface area contributed by atoms with Gasteiger partial charge in [-0.2, -0.15) is 0 Å². The monoisotopic (exact) mass is 331 g/mol. The Morgan fingerprint density at radius 3 is 2.36 bits per heavy atom. The summed E-state index contributed by atoms with van der Waals surface area (Å²) in [6.07, 6.45) is 9.94. The summed E-state index contributed by atoms with van der Waals surface area (Å²) in [7, 11) is 2.13. The van der Waals surface area contributed by atoms with Gasteiger partial charge in [0.2, 0.25) is 5.91 Å². The zero-order valence-electron chi connectivity index (χ0n) is 14.4. The lowest BCUT2D eigenvalue weighted by Gasteiger charge is -2.36. The number of carbonyl (C=O) groups excluding carboxylic acids is 1. The van der Waals surface area contributed by atoms with Gasteiger partial charge in [0.25, 0.3) is 0 Å². The van der Waals surface area contributed by atoms with Crippen LogP contribution in [0.3, 0.4) is 0 Å². The fraction of sp³-hybridized carbons (Fsp3) is 0.941. The van der Waals surface area contributed by atoms with E-state index in [1.54, 1.807) is 0 Å². The quantitative estimate of drug-likeness (QED) is 0.841. The Balaban J connectivity index is 0.00000242. The number of hydrogen-bond donors (Lipinski definition) is 1.